The lowest BCUT2D eigenvalue weighted by Gasteiger charge is -2.22. The maximum Gasteiger partial charge on any atom is -0.0109 e. The molecule has 0 N–H and O–H groups in total. The van der Waals surface area contributed by atoms with E-state index in [1.54, 1.807) is 0 Å². The topological polar surface area (TPSA) is 0 Å². The zero-order chi connectivity index (χ0) is 10.7. The molecule has 1 aliphatic carbocycles. The monoisotopic (exact) mass is 201 g/mol. The zero-order valence-corrected chi connectivity index (χ0v) is 9.92. The quantitative estimate of drug-likeness (QED) is 0.653. The number of hydrogen-bond donors (Lipinski definition) is 0. The molecule has 15 heavy (non-hydrogen) atoms. The Hall–Kier alpha value is -0.780. The second-order valence-corrected chi connectivity index (χ2v) is 5.05. The van der Waals surface area contributed by atoms with E-state index in [0.29, 0.717) is 5.92 Å². The second kappa shape index (κ2) is 4.83. The Bertz CT molecular complexity index is 306. The average molecular weight is 201 g/mol. The van der Waals surface area contributed by atoms with Crippen molar-refractivity contribution in [2.24, 2.45) is 0 Å². The zero-order valence-electron chi connectivity index (χ0n) is 9.92. The van der Waals surface area contributed by atoms with Crippen molar-refractivity contribution >= 4 is 0 Å². The molecule has 0 atom stereocenters. The van der Waals surface area contributed by atoms with E-state index in [-0.39, 0.29) is 0 Å². The van der Waals surface area contributed by atoms with Gasteiger partial charge >= 0.3 is 0 Å². The number of hydrogen-bond acceptors (Lipinski definition) is 0. The molecule has 1 aromatic rings. The largest absolute Gasteiger partial charge is 0.0617 e. The van der Waals surface area contributed by atoms with E-state index in [2.05, 4.69) is 38.1 Å². The molecular formula is C15H21. The predicted octanol–water partition coefficient (Wildman–Crippen LogP) is 4.66. The lowest BCUT2D eigenvalue weighted by molar-refractivity contribution is 0.443. The standard InChI is InChI=1S/C15H21/c1-12(2)14-9-6-10-15(11-14)13-7-4-3-5-8-13/h6,9-10,12-13H,3-5,7-8H2,1-2H3. The van der Waals surface area contributed by atoms with Crippen LogP contribution in [-0.4, -0.2) is 0 Å². The van der Waals surface area contributed by atoms with E-state index < -0.39 is 0 Å². The lowest BCUT2D eigenvalue weighted by atomic mass is 9.83. The maximum absolute atomic E-state index is 3.61. The third-order valence-electron chi connectivity index (χ3n) is 3.51. The molecule has 0 spiro atoms. The first-order valence-corrected chi connectivity index (χ1v) is 6.29. The van der Waals surface area contributed by atoms with E-state index in [1.165, 1.54) is 43.2 Å². The van der Waals surface area contributed by atoms with E-state index in [9.17, 15) is 0 Å². The molecule has 0 amide bonds. The molecule has 0 heterocycles. The highest BCUT2D eigenvalue weighted by Gasteiger charge is 2.16. The van der Waals surface area contributed by atoms with Crippen LogP contribution in [-0.2, 0) is 0 Å². The fraction of sp³-hybridized carbons (Fsp3) is 0.600. The van der Waals surface area contributed by atoms with E-state index >= 15 is 0 Å². The van der Waals surface area contributed by atoms with Gasteiger partial charge in [-0.3, -0.25) is 0 Å². The molecule has 2 rings (SSSR count). The summed E-state index contributed by atoms with van der Waals surface area (Å²) < 4.78 is 0. The lowest BCUT2D eigenvalue weighted by Crippen LogP contribution is -2.05. The van der Waals surface area contributed by atoms with Gasteiger partial charge in [-0.1, -0.05) is 51.3 Å². The minimum absolute atomic E-state index is 0.605. The average Bonchev–Trinajstić information content (AvgIpc) is 2.30. The van der Waals surface area contributed by atoms with Crippen LogP contribution < -0.4 is 0 Å². The van der Waals surface area contributed by atoms with Crippen molar-refractivity contribution < 1.29 is 0 Å². The van der Waals surface area contributed by atoms with Crippen LogP contribution in [0.15, 0.2) is 18.2 Å². The van der Waals surface area contributed by atoms with Crippen molar-refractivity contribution in [3.63, 3.8) is 0 Å². The van der Waals surface area contributed by atoms with Crippen molar-refractivity contribution in [3.8, 4) is 0 Å². The molecule has 0 aliphatic heterocycles. The molecule has 1 aliphatic rings. The van der Waals surface area contributed by atoms with Gasteiger partial charge in [-0.05, 0) is 41.9 Å². The van der Waals surface area contributed by atoms with Crippen molar-refractivity contribution in [1.82, 2.24) is 0 Å². The van der Waals surface area contributed by atoms with Gasteiger partial charge in [0.1, 0.15) is 0 Å². The van der Waals surface area contributed by atoms with Crippen LogP contribution in [0.4, 0.5) is 0 Å². The van der Waals surface area contributed by atoms with Crippen molar-refractivity contribution in [3.05, 3.63) is 35.4 Å². The van der Waals surface area contributed by atoms with Gasteiger partial charge in [0, 0.05) is 0 Å². The summed E-state index contributed by atoms with van der Waals surface area (Å²) in [4.78, 5) is 0. The van der Waals surface area contributed by atoms with Crippen molar-refractivity contribution in [2.75, 3.05) is 0 Å². The second-order valence-electron chi connectivity index (χ2n) is 5.05. The normalized spacial score (nSPS) is 18.3. The molecule has 1 radical (unpaired) electrons. The molecule has 0 aromatic heterocycles. The Balaban J connectivity index is 2.16. The summed E-state index contributed by atoms with van der Waals surface area (Å²) in [6.07, 6.45) is 6.99. The van der Waals surface area contributed by atoms with E-state index in [1.807, 2.05) is 0 Å². The molecule has 1 saturated carbocycles. The summed E-state index contributed by atoms with van der Waals surface area (Å²) in [6, 6.07) is 10.3. The molecule has 0 heteroatoms. The molecule has 81 valence electrons. The van der Waals surface area contributed by atoms with E-state index in [4.69, 9.17) is 0 Å². The SMILES string of the molecule is CC(C)c1[c]c(C2CCCCC2)ccc1. The van der Waals surface area contributed by atoms with Crippen LogP contribution >= 0.6 is 0 Å². The van der Waals surface area contributed by atoms with Gasteiger partial charge in [-0.2, -0.15) is 0 Å². The van der Waals surface area contributed by atoms with Crippen molar-refractivity contribution in [2.45, 2.75) is 57.8 Å². The molecule has 1 fully saturated rings. The Morgan fingerprint density at radius 2 is 1.87 bits per heavy atom. The molecule has 0 saturated heterocycles. The van der Waals surface area contributed by atoms with Gasteiger partial charge in [0.05, 0.1) is 0 Å². The highest BCUT2D eigenvalue weighted by atomic mass is 14.2. The first kappa shape index (κ1) is 10.7. The fourth-order valence-electron chi connectivity index (χ4n) is 2.49. The molecule has 0 nitrogen and oxygen atoms in total. The van der Waals surface area contributed by atoms with E-state index in [0.717, 1.165) is 5.92 Å². The maximum atomic E-state index is 3.61. The Labute approximate surface area is 93.7 Å². The summed E-state index contributed by atoms with van der Waals surface area (Å²) in [7, 11) is 0. The number of rotatable bonds is 2. The van der Waals surface area contributed by atoms with Gasteiger partial charge in [0.25, 0.3) is 0 Å². The smallest absolute Gasteiger partial charge is 0.0109 e. The van der Waals surface area contributed by atoms with Gasteiger partial charge in [-0.15, -0.1) is 0 Å². The fourth-order valence-corrected chi connectivity index (χ4v) is 2.49. The minimum atomic E-state index is 0.605. The molecule has 0 bridgehead atoms. The highest BCUT2D eigenvalue weighted by molar-refractivity contribution is 5.27. The third-order valence-corrected chi connectivity index (χ3v) is 3.51. The Kier molecular flexibility index (Phi) is 3.45. The van der Waals surface area contributed by atoms with Crippen LogP contribution in [0, 0.1) is 6.07 Å². The highest BCUT2D eigenvalue weighted by Crippen LogP contribution is 2.33. The summed E-state index contributed by atoms with van der Waals surface area (Å²) in [5.74, 6) is 1.39. The van der Waals surface area contributed by atoms with Crippen LogP contribution in [0.2, 0.25) is 0 Å². The molecular weight excluding hydrogens is 180 g/mol. The minimum Gasteiger partial charge on any atom is -0.0617 e. The third kappa shape index (κ3) is 2.62. The van der Waals surface area contributed by atoms with Gasteiger partial charge < -0.3 is 0 Å². The molecule has 0 unspecified atom stereocenters. The van der Waals surface area contributed by atoms with Gasteiger partial charge in [0.15, 0.2) is 0 Å². The predicted molar refractivity (Wildman–Crippen MR) is 65.2 cm³/mol. The van der Waals surface area contributed by atoms with Crippen LogP contribution in [0.1, 0.15) is 68.9 Å². The van der Waals surface area contributed by atoms with Crippen LogP contribution in [0.3, 0.4) is 0 Å². The van der Waals surface area contributed by atoms with Gasteiger partial charge in [-0.25, -0.2) is 0 Å². The summed E-state index contributed by atoms with van der Waals surface area (Å²) >= 11 is 0. The van der Waals surface area contributed by atoms with Crippen LogP contribution in [0.5, 0.6) is 0 Å². The number of benzene rings is 1. The Morgan fingerprint density at radius 1 is 1.13 bits per heavy atom. The van der Waals surface area contributed by atoms with Crippen molar-refractivity contribution in [1.29, 1.82) is 0 Å². The molecule has 1 aromatic carbocycles. The Morgan fingerprint density at radius 3 is 2.53 bits per heavy atom. The van der Waals surface area contributed by atoms with Crippen LogP contribution in [0.25, 0.3) is 0 Å². The first-order valence-electron chi connectivity index (χ1n) is 6.29. The summed E-state index contributed by atoms with van der Waals surface area (Å²) in [5, 5.41) is 0. The summed E-state index contributed by atoms with van der Waals surface area (Å²) in [5.41, 5.74) is 2.83. The summed E-state index contributed by atoms with van der Waals surface area (Å²) in [6.45, 7) is 4.49. The van der Waals surface area contributed by atoms with Gasteiger partial charge in [0.2, 0.25) is 0 Å². The first-order chi connectivity index (χ1) is 7.27.